The molecule has 2 nitrogen and oxygen atoms in total. The third kappa shape index (κ3) is 4.88. The number of hydrogen-bond acceptors (Lipinski definition) is 2. The molecule has 0 amide bonds. The van der Waals surface area contributed by atoms with Crippen LogP contribution < -0.4 is 35.2 Å². The molecular formula is C29H31Cl2O2Si2Zr. The Kier molecular flexibility index (Phi) is 8.68. The van der Waals surface area contributed by atoms with Gasteiger partial charge < -0.3 is 34.0 Å². The predicted octanol–water partition coefficient (Wildman–Crippen LogP) is 0.208. The van der Waals surface area contributed by atoms with Crippen molar-refractivity contribution in [3.05, 3.63) is 83.1 Å². The maximum Gasteiger partial charge on any atom is 3.00 e. The molecule has 1 aliphatic carbocycles. The summed E-state index contributed by atoms with van der Waals surface area (Å²) in [5, 5.41) is 8.77. The van der Waals surface area contributed by atoms with Gasteiger partial charge in [0, 0.05) is 5.92 Å². The first kappa shape index (κ1) is 29.5. The van der Waals surface area contributed by atoms with Crippen LogP contribution in [0.3, 0.4) is 0 Å². The maximum atomic E-state index is 6.49. The van der Waals surface area contributed by atoms with E-state index in [9.17, 15) is 0 Å². The van der Waals surface area contributed by atoms with Crippen LogP contribution in [0.4, 0.5) is 0 Å². The minimum absolute atomic E-state index is 0. The molecular weight excluding hydrogens is 599 g/mol. The molecule has 0 spiro atoms. The van der Waals surface area contributed by atoms with Gasteiger partial charge in [0.1, 0.15) is 20.4 Å². The van der Waals surface area contributed by atoms with Crippen LogP contribution in [0.2, 0.25) is 32.7 Å². The van der Waals surface area contributed by atoms with Gasteiger partial charge in [-0.1, -0.05) is 77.6 Å². The summed E-state index contributed by atoms with van der Waals surface area (Å²) in [5.41, 5.74) is 4.15. The van der Waals surface area contributed by atoms with E-state index in [2.05, 4.69) is 99.5 Å². The second-order valence-corrected chi connectivity index (χ2v) is 19.8. The number of rotatable bonds is 6. The molecule has 0 fully saturated rings. The minimum atomic E-state index is -1.55. The Morgan fingerprint density at radius 1 is 0.917 bits per heavy atom. The monoisotopic (exact) mass is 627 g/mol. The molecule has 1 aliphatic heterocycles. The van der Waals surface area contributed by atoms with Gasteiger partial charge in [-0.2, -0.15) is 0 Å². The SMILES string of the molecule is C[Si](C)(C)OCCOC1=Cc2ccccc2C1c1c2c(cc3c1[cH-]c1ccccc13)[Si]2(C)C.[Cl-].[Cl-].[Zr+3]. The first-order valence-electron chi connectivity index (χ1n) is 12.0. The molecule has 1 heterocycles. The van der Waals surface area contributed by atoms with Crippen molar-refractivity contribution in [2.75, 3.05) is 13.2 Å². The van der Waals surface area contributed by atoms with Crippen molar-refractivity contribution in [1.29, 1.82) is 0 Å². The van der Waals surface area contributed by atoms with Gasteiger partial charge in [0.15, 0.2) is 8.32 Å². The van der Waals surface area contributed by atoms with Gasteiger partial charge in [-0.3, -0.25) is 0 Å². The quantitative estimate of drug-likeness (QED) is 0.173. The van der Waals surface area contributed by atoms with E-state index in [4.69, 9.17) is 9.16 Å². The van der Waals surface area contributed by atoms with E-state index in [0.29, 0.717) is 13.2 Å². The van der Waals surface area contributed by atoms with Gasteiger partial charge >= 0.3 is 26.2 Å². The Morgan fingerprint density at radius 2 is 1.61 bits per heavy atom. The fourth-order valence-electron chi connectivity index (χ4n) is 5.66. The first-order chi connectivity index (χ1) is 15.8. The summed E-state index contributed by atoms with van der Waals surface area (Å²) in [7, 11) is -3.06. The van der Waals surface area contributed by atoms with Gasteiger partial charge in [-0.25, -0.2) is 0 Å². The van der Waals surface area contributed by atoms with Crippen LogP contribution in [0.5, 0.6) is 0 Å². The van der Waals surface area contributed by atoms with Crippen molar-refractivity contribution < 1.29 is 60.2 Å². The van der Waals surface area contributed by atoms with Crippen LogP contribution >= 0.6 is 0 Å². The van der Waals surface area contributed by atoms with Crippen LogP contribution in [0.15, 0.2) is 66.4 Å². The molecule has 1 unspecified atom stereocenters. The van der Waals surface area contributed by atoms with E-state index < -0.39 is 16.4 Å². The van der Waals surface area contributed by atoms with Gasteiger partial charge in [0.25, 0.3) is 0 Å². The molecule has 0 N–H and O–H groups in total. The summed E-state index contributed by atoms with van der Waals surface area (Å²) in [5.74, 6) is 1.24. The molecule has 0 bridgehead atoms. The average Bonchev–Trinajstić information content (AvgIpc) is 3.07. The van der Waals surface area contributed by atoms with Crippen LogP contribution in [-0.4, -0.2) is 29.6 Å². The molecule has 7 heteroatoms. The molecule has 36 heavy (non-hydrogen) atoms. The zero-order chi connectivity index (χ0) is 23.0. The second kappa shape index (κ2) is 10.6. The number of halogens is 2. The standard InChI is InChI=1S/C29H31O2Si2.2ClH.Zr/c1-32(2,3)31-15-14-30-25-17-20-11-7-9-13-22(20)27(25)28-24-16-19-10-6-8-12-21(19)23(24)18-26-29(28)33(26,4)5;;;/h6-13,16-18,27H,14-15H2,1-5H3;2*1H;/q-1;;;+3/p-2. The molecule has 4 aromatic carbocycles. The molecule has 0 aromatic heterocycles. The van der Waals surface area contributed by atoms with Crippen molar-refractivity contribution in [1.82, 2.24) is 0 Å². The number of allylic oxidation sites excluding steroid dienone is 1. The van der Waals surface area contributed by atoms with Crippen molar-refractivity contribution >= 4 is 54.4 Å². The zero-order valence-corrected chi connectivity index (χ0v) is 27.4. The number of fused-ring (bicyclic) bond motifs is 5. The van der Waals surface area contributed by atoms with Crippen LogP contribution in [0, 0.1) is 0 Å². The Morgan fingerprint density at radius 3 is 2.36 bits per heavy atom. The first-order valence-corrected chi connectivity index (χ1v) is 18.4. The van der Waals surface area contributed by atoms with E-state index in [-0.39, 0.29) is 56.9 Å². The van der Waals surface area contributed by atoms with Crippen LogP contribution in [-0.2, 0) is 35.4 Å². The Labute approximate surface area is 247 Å². The maximum absolute atomic E-state index is 6.49. The number of benzene rings is 3. The van der Waals surface area contributed by atoms with Crippen molar-refractivity contribution in [3.63, 3.8) is 0 Å². The van der Waals surface area contributed by atoms with E-state index in [0.717, 1.165) is 5.76 Å². The third-order valence-corrected chi connectivity index (χ3v) is 11.6. The minimum Gasteiger partial charge on any atom is -1.00 e. The van der Waals surface area contributed by atoms with Gasteiger partial charge in [0.05, 0.1) is 6.61 Å². The Bertz CT molecular complexity index is 1450. The third-order valence-electron chi connectivity index (χ3n) is 7.26. The van der Waals surface area contributed by atoms with E-state index in [1.165, 1.54) is 38.2 Å². The summed E-state index contributed by atoms with van der Waals surface area (Å²) in [4.78, 5) is 0. The normalized spacial score (nSPS) is 16.8. The molecule has 2 aliphatic rings. The molecule has 4 aromatic rings. The van der Waals surface area contributed by atoms with Crippen molar-refractivity contribution in [3.8, 4) is 0 Å². The number of ether oxygens (including phenoxy) is 1. The summed E-state index contributed by atoms with van der Waals surface area (Å²) in [6.07, 6.45) is 2.26. The topological polar surface area (TPSA) is 18.5 Å². The zero-order valence-electron chi connectivity index (χ0n) is 21.4. The Balaban J connectivity index is 0.00000120. The summed E-state index contributed by atoms with van der Waals surface area (Å²) >= 11 is 0. The van der Waals surface area contributed by atoms with Crippen molar-refractivity contribution in [2.45, 2.75) is 38.7 Å². The second-order valence-electron chi connectivity index (χ2n) is 10.9. The average molecular weight is 630 g/mol. The predicted molar refractivity (Wildman–Crippen MR) is 145 cm³/mol. The number of hydrogen-bond donors (Lipinski definition) is 0. The molecule has 1 atom stereocenters. The molecule has 1 radical (unpaired) electrons. The van der Waals surface area contributed by atoms with Crippen LogP contribution in [0.1, 0.15) is 22.6 Å². The van der Waals surface area contributed by atoms with Crippen LogP contribution in [0.25, 0.3) is 27.6 Å². The molecule has 0 saturated heterocycles. The fraction of sp³-hybridized carbons (Fsp3) is 0.276. The van der Waals surface area contributed by atoms with Gasteiger partial charge in [-0.15, -0.1) is 33.7 Å². The fourth-order valence-corrected chi connectivity index (χ4v) is 9.77. The van der Waals surface area contributed by atoms with Gasteiger partial charge in [-0.05, 0) is 36.8 Å². The van der Waals surface area contributed by atoms with E-state index >= 15 is 0 Å². The molecule has 0 saturated carbocycles. The van der Waals surface area contributed by atoms with E-state index in [1.54, 1.807) is 10.4 Å². The largest absolute Gasteiger partial charge is 3.00 e. The van der Waals surface area contributed by atoms with Crippen molar-refractivity contribution in [2.24, 2.45) is 0 Å². The van der Waals surface area contributed by atoms with E-state index in [1.807, 2.05) is 0 Å². The Hall–Kier alpha value is -1.07. The summed E-state index contributed by atoms with van der Waals surface area (Å²) in [6, 6.07) is 22.5. The van der Waals surface area contributed by atoms with Gasteiger partial charge in [0.2, 0.25) is 0 Å². The summed E-state index contributed by atoms with van der Waals surface area (Å²) in [6.45, 7) is 12.9. The smallest absolute Gasteiger partial charge is 1.00 e. The molecule has 185 valence electrons. The molecule has 6 rings (SSSR count). The summed E-state index contributed by atoms with van der Waals surface area (Å²) < 4.78 is 12.6.